The van der Waals surface area contributed by atoms with Crippen LogP contribution in [0.5, 0.6) is 0 Å². The normalized spacial score (nSPS) is 44.6. The Labute approximate surface area is 68.1 Å². The predicted octanol–water partition coefficient (Wildman–Crippen LogP) is -0.477. The molecule has 4 atom stereocenters. The van der Waals surface area contributed by atoms with E-state index in [1.54, 1.807) is 7.11 Å². The molecule has 0 spiro atoms. The van der Waals surface area contributed by atoms with E-state index >= 15 is 0 Å². The molecule has 1 rings (SSSR count). The Morgan fingerprint density at radius 2 is 2.27 bits per heavy atom. The SMILES string of the molecule is [B][C@@H]1O[C@H](CO)[C@H](OC)C1C. The van der Waals surface area contributed by atoms with E-state index < -0.39 is 0 Å². The van der Waals surface area contributed by atoms with E-state index in [1.165, 1.54) is 0 Å². The third-order valence-electron chi connectivity index (χ3n) is 2.19. The molecule has 0 bridgehead atoms. The molecule has 3 nitrogen and oxygen atoms in total. The molecule has 0 aromatic carbocycles. The summed E-state index contributed by atoms with van der Waals surface area (Å²) in [5.41, 5.74) is 0. The molecule has 1 saturated heterocycles. The summed E-state index contributed by atoms with van der Waals surface area (Å²) in [6.07, 6.45) is -0.333. The zero-order chi connectivity index (χ0) is 8.43. The average molecular weight is 156 g/mol. The van der Waals surface area contributed by atoms with Crippen molar-refractivity contribution in [1.82, 2.24) is 0 Å². The second-order valence-corrected chi connectivity index (χ2v) is 2.88. The summed E-state index contributed by atoms with van der Waals surface area (Å²) in [6.45, 7) is 1.92. The fourth-order valence-corrected chi connectivity index (χ4v) is 1.44. The van der Waals surface area contributed by atoms with Gasteiger partial charge in [0.2, 0.25) is 0 Å². The highest BCUT2D eigenvalue weighted by Crippen LogP contribution is 2.26. The van der Waals surface area contributed by atoms with Gasteiger partial charge in [-0.1, -0.05) is 6.92 Å². The van der Waals surface area contributed by atoms with Crippen LogP contribution in [0, 0.1) is 5.92 Å². The number of ether oxygens (including phenoxy) is 2. The van der Waals surface area contributed by atoms with Gasteiger partial charge in [-0.05, 0) is 0 Å². The monoisotopic (exact) mass is 156 g/mol. The first kappa shape index (κ1) is 9.04. The maximum atomic E-state index is 8.84. The van der Waals surface area contributed by atoms with Crippen molar-refractivity contribution in [3.8, 4) is 0 Å². The lowest BCUT2D eigenvalue weighted by molar-refractivity contribution is -0.0229. The minimum Gasteiger partial charge on any atom is -0.394 e. The molecule has 0 saturated carbocycles. The molecule has 1 unspecified atom stereocenters. The molecule has 0 aliphatic carbocycles. The fourth-order valence-electron chi connectivity index (χ4n) is 1.44. The van der Waals surface area contributed by atoms with Crippen molar-refractivity contribution in [2.24, 2.45) is 5.92 Å². The van der Waals surface area contributed by atoms with Crippen LogP contribution in [0.3, 0.4) is 0 Å². The Bertz CT molecular complexity index is 131. The number of rotatable bonds is 2. The first-order chi connectivity index (χ1) is 5.20. The molecular weight excluding hydrogens is 143 g/mol. The zero-order valence-electron chi connectivity index (χ0n) is 6.86. The van der Waals surface area contributed by atoms with Crippen molar-refractivity contribution in [2.45, 2.75) is 25.1 Å². The van der Waals surface area contributed by atoms with Gasteiger partial charge in [0.15, 0.2) is 0 Å². The van der Waals surface area contributed by atoms with Gasteiger partial charge in [-0.25, -0.2) is 0 Å². The van der Waals surface area contributed by atoms with Crippen LogP contribution in [0.25, 0.3) is 0 Å². The van der Waals surface area contributed by atoms with E-state index in [1.807, 2.05) is 6.92 Å². The Balaban J connectivity index is 2.57. The minimum atomic E-state index is -0.308. The smallest absolute Gasteiger partial charge is 0.109 e. The fraction of sp³-hybridized carbons (Fsp3) is 1.00. The van der Waals surface area contributed by atoms with Crippen molar-refractivity contribution >= 4 is 7.85 Å². The first-order valence-corrected chi connectivity index (χ1v) is 3.75. The highest BCUT2D eigenvalue weighted by Gasteiger charge is 2.38. The molecule has 0 aromatic rings. The van der Waals surface area contributed by atoms with E-state index in [0.29, 0.717) is 0 Å². The van der Waals surface area contributed by atoms with Gasteiger partial charge in [0, 0.05) is 19.0 Å². The molecular formula is C7H13BO3. The molecule has 1 fully saturated rings. The lowest BCUT2D eigenvalue weighted by Crippen LogP contribution is -2.30. The number of hydrogen-bond acceptors (Lipinski definition) is 3. The summed E-state index contributed by atoms with van der Waals surface area (Å²) in [5.74, 6) is 0.150. The maximum absolute atomic E-state index is 8.84. The molecule has 62 valence electrons. The van der Waals surface area contributed by atoms with Gasteiger partial charge in [0.1, 0.15) is 14.0 Å². The quantitative estimate of drug-likeness (QED) is 0.549. The summed E-state index contributed by atoms with van der Waals surface area (Å²) < 4.78 is 10.4. The van der Waals surface area contributed by atoms with Gasteiger partial charge in [-0.15, -0.1) is 0 Å². The van der Waals surface area contributed by atoms with Crippen LogP contribution in [-0.4, -0.2) is 44.9 Å². The topological polar surface area (TPSA) is 38.7 Å². The van der Waals surface area contributed by atoms with Crippen molar-refractivity contribution in [1.29, 1.82) is 0 Å². The highest BCUT2D eigenvalue weighted by molar-refractivity contribution is 6.11. The third-order valence-corrected chi connectivity index (χ3v) is 2.19. The number of aliphatic hydroxyl groups excluding tert-OH is 1. The van der Waals surface area contributed by atoms with Crippen LogP contribution in [0.4, 0.5) is 0 Å². The Hall–Kier alpha value is -0.0551. The Kier molecular flexibility index (Phi) is 2.93. The largest absolute Gasteiger partial charge is 0.394 e. The number of methoxy groups -OCH3 is 1. The van der Waals surface area contributed by atoms with Gasteiger partial charge in [0.05, 0.1) is 12.7 Å². The van der Waals surface area contributed by atoms with Crippen LogP contribution < -0.4 is 0 Å². The van der Waals surface area contributed by atoms with E-state index in [2.05, 4.69) is 0 Å². The van der Waals surface area contributed by atoms with Crippen LogP contribution in [-0.2, 0) is 9.47 Å². The molecule has 0 aromatic heterocycles. The molecule has 11 heavy (non-hydrogen) atoms. The lowest BCUT2D eigenvalue weighted by Gasteiger charge is -2.17. The number of aliphatic hydroxyl groups is 1. The van der Waals surface area contributed by atoms with Crippen molar-refractivity contribution in [3.63, 3.8) is 0 Å². The van der Waals surface area contributed by atoms with E-state index in [4.69, 9.17) is 22.4 Å². The van der Waals surface area contributed by atoms with Crippen molar-refractivity contribution in [2.75, 3.05) is 13.7 Å². The predicted molar refractivity (Wildman–Crippen MR) is 41.5 cm³/mol. The van der Waals surface area contributed by atoms with Crippen LogP contribution in [0.15, 0.2) is 0 Å². The summed E-state index contributed by atoms with van der Waals surface area (Å²) in [6, 6.07) is -0.308. The van der Waals surface area contributed by atoms with Crippen molar-refractivity contribution < 1.29 is 14.6 Å². The Morgan fingerprint density at radius 1 is 1.64 bits per heavy atom. The van der Waals surface area contributed by atoms with Gasteiger partial charge in [-0.3, -0.25) is 0 Å². The standard InChI is InChI=1S/C7H13BO3/c1-4-6(10-2)5(3-9)11-7(4)8/h4-7,9H,3H2,1-2H3/t4?,5-,6-,7-/m1/s1. The van der Waals surface area contributed by atoms with Crippen LogP contribution in [0.2, 0.25) is 0 Å². The summed E-state index contributed by atoms with van der Waals surface area (Å²) in [7, 11) is 7.20. The van der Waals surface area contributed by atoms with Crippen LogP contribution >= 0.6 is 0 Å². The first-order valence-electron chi connectivity index (χ1n) is 3.75. The molecule has 1 aliphatic rings. The molecule has 1 heterocycles. The second-order valence-electron chi connectivity index (χ2n) is 2.88. The molecule has 1 N–H and O–H groups in total. The minimum absolute atomic E-state index is 0.0312. The molecule has 0 amide bonds. The van der Waals surface area contributed by atoms with E-state index in [-0.39, 0.29) is 30.7 Å². The highest BCUT2D eigenvalue weighted by atomic mass is 16.6. The van der Waals surface area contributed by atoms with Gasteiger partial charge in [-0.2, -0.15) is 0 Å². The number of hydrogen-bond donors (Lipinski definition) is 1. The lowest BCUT2D eigenvalue weighted by atomic mass is 9.86. The molecule has 2 radical (unpaired) electrons. The maximum Gasteiger partial charge on any atom is 0.109 e. The molecule has 1 aliphatic heterocycles. The van der Waals surface area contributed by atoms with E-state index in [0.717, 1.165) is 0 Å². The molecule has 4 heteroatoms. The van der Waals surface area contributed by atoms with Gasteiger partial charge < -0.3 is 14.6 Å². The zero-order valence-corrected chi connectivity index (χ0v) is 6.86. The second kappa shape index (κ2) is 3.56. The summed E-state index contributed by atoms with van der Waals surface area (Å²) in [4.78, 5) is 0. The van der Waals surface area contributed by atoms with Crippen molar-refractivity contribution in [3.05, 3.63) is 0 Å². The van der Waals surface area contributed by atoms with Gasteiger partial charge in [0.25, 0.3) is 0 Å². The average Bonchev–Trinajstić information content (AvgIpc) is 2.28. The third kappa shape index (κ3) is 1.58. The van der Waals surface area contributed by atoms with E-state index in [9.17, 15) is 0 Å². The van der Waals surface area contributed by atoms with Gasteiger partial charge >= 0.3 is 0 Å². The van der Waals surface area contributed by atoms with Crippen LogP contribution in [0.1, 0.15) is 6.92 Å². The Morgan fingerprint density at radius 3 is 2.64 bits per heavy atom. The summed E-state index contributed by atoms with van der Waals surface area (Å²) >= 11 is 0. The summed E-state index contributed by atoms with van der Waals surface area (Å²) in [5, 5.41) is 8.84.